The first-order valence-corrected chi connectivity index (χ1v) is 6.44. The van der Waals surface area contributed by atoms with Gasteiger partial charge in [0.2, 0.25) is 5.91 Å². The number of ether oxygens (including phenoxy) is 1. The molecular weight excluding hydrogens is 280 g/mol. The van der Waals surface area contributed by atoms with Crippen LogP contribution in [0, 0.1) is 5.92 Å². The van der Waals surface area contributed by atoms with Gasteiger partial charge >= 0.3 is 0 Å². The van der Waals surface area contributed by atoms with Gasteiger partial charge in [-0.2, -0.15) is 5.10 Å². The van der Waals surface area contributed by atoms with E-state index in [1.807, 2.05) is 6.92 Å². The fourth-order valence-corrected chi connectivity index (χ4v) is 1.90. The minimum atomic E-state index is -0.264. The molecule has 2 aromatic rings. The Morgan fingerprint density at radius 3 is 3.00 bits per heavy atom. The van der Waals surface area contributed by atoms with Crippen LogP contribution in [0.5, 0.6) is 5.75 Å². The van der Waals surface area contributed by atoms with E-state index in [9.17, 15) is 4.79 Å². The lowest BCUT2D eigenvalue weighted by Crippen LogP contribution is -2.24. The molecule has 1 aromatic carbocycles. The molecule has 6 nitrogen and oxygen atoms in total. The van der Waals surface area contributed by atoms with Crippen molar-refractivity contribution in [2.24, 2.45) is 5.92 Å². The SMILES string of the molecule is COc1ccc(Cl)cc1NC(=O)[C@H](C)Cn1cncn1. The van der Waals surface area contributed by atoms with Crippen molar-refractivity contribution in [1.82, 2.24) is 14.8 Å². The molecule has 0 aliphatic carbocycles. The molecule has 0 spiro atoms. The zero-order valence-electron chi connectivity index (χ0n) is 11.2. The van der Waals surface area contributed by atoms with E-state index in [0.717, 1.165) is 0 Å². The summed E-state index contributed by atoms with van der Waals surface area (Å²) in [5.74, 6) is 0.164. The zero-order chi connectivity index (χ0) is 14.5. The van der Waals surface area contributed by atoms with E-state index >= 15 is 0 Å². The van der Waals surface area contributed by atoms with Crippen molar-refractivity contribution >= 4 is 23.2 Å². The van der Waals surface area contributed by atoms with Gasteiger partial charge in [0.15, 0.2) is 0 Å². The Morgan fingerprint density at radius 2 is 2.35 bits per heavy atom. The second-order valence-corrected chi connectivity index (χ2v) is 4.79. The number of benzene rings is 1. The van der Waals surface area contributed by atoms with Crippen LogP contribution in [0.4, 0.5) is 5.69 Å². The van der Waals surface area contributed by atoms with Gasteiger partial charge in [-0.3, -0.25) is 9.48 Å². The first kappa shape index (κ1) is 14.3. The van der Waals surface area contributed by atoms with Crippen molar-refractivity contribution in [2.75, 3.05) is 12.4 Å². The minimum absolute atomic E-state index is 0.138. The lowest BCUT2D eigenvalue weighted by molar-refractivity contribution is -0.119. The predicted molar refractivity (Wildman–Crippen MR) is 75.8 cm³/mol. The Hall–Kier alpha value is -2.08. The van der Waals surface area contributed by atoms with Crippen LogP contribution in [-0.4, -0.2) is 27.8 Å². The average Bonchev–Trinajstić information content (AvgIpc) is 2.91. The summed E-state index contributed by atoms with van der Waals surface area (Å²) in [6.45, 7) is 2.27. The van der Waals surface area contributed by atoms with E-state index in [-0.39, 0.29) is 11.8 Å². The van der Waals surface area contributed by atoms with Gasteiger partial charge in [0.05, 0.1) is 25.3 Å². The number of rotatable bonds is 5. The highest BCUT2D eigenvalue weighted by atomic mass is 35.5. The summed E-state index contributed by atoms with van der Waals surface area (Å²) in [4.78, 5) is 16.0. The third kappa shape index (κ3) is 3.48. The van der Waals surface area contributed by atoms with Crippen LogP contribution in [0.1, 0.15) is 6.92 Å². The lowest BCUT2D eigenvalue weighted by Gasteiger charge is -2.14. The summed E-state index contributed by atoms with van der Waals surface area (Å²) in [6.07, 6.45) is 3.01. The second kappa shape index (κ2) is 6.38. The van der Waals surface area contributed by atoms with E-state index in [1.165, 1.54) is 13.4 Å². The van der Waals surface area contributed by atoms with Crippen molar-refractivity contribution in [3.05, 3.63) is 35.9 Å². The molecule has 1 heterocycles. The number of nitrogens with zero attached hydrogens (tertiary/aromatic N) is 3. The summed E-state index contributed by atoms with van der Waals surface area (Å²) in [6, 6.07) is 5.06. The van der Waals surface area contributed by atoms with Gasteiger partial charge in [-0.05, 0) is 18.2 Å². The molecule has 0 fully saturated rings. The van der Waals surface area contributed by atoms with Crippen LogP contribution in [-0.2, 0) is 11.3 Å². The quantitative estimate of drug-likeness (QED) is 0.918. The number of halogens is 1. The van der Waals surface area contributed by atoms with Crippen LogP contribution in [0.25, 0.3) is 0 Å². The van der Waals surface area contributed by atoms with E-state index < -0.39 is 0 Å². The van der Waals surface area contributed by atoms with Gasteiger partial charge in [0.1, 0.15) is 18.4 Å². The number of anilines is 1. The Balaban J connectivity index is 2.05. The van der Waals surface area contributed by atoms with Crippen molar-refractivity contribution in [3.8, 4) is 5.75 Å². The molecule has 0 aliphatic rings. The molecule has 0 unspecified atom stereocenters. The number of hydrogen-bond donors (Lipinski definition) is 1. The molecule has 2 rings (SSSR count). The lowest BCUT2D eigenvalue weighted by atomic mass is 10.1. The number of aromatic nitrogens is 3. The molecule has 0 saturated carbocycles. The van der Waals surface area contributed by atoms with Crippen LogP contribution < -0.4 is 10.1 Å². The highest BCUT2D eigenvalue weighted by Crippen LogP contribution is 2.28. The normalized spacial score (nSPS) is 11.9. The highest BCUT2D eigenvalue weighted by molar-refractivity contribution is 6.31. The third-order valence-electron chi connectivity index (χ3n) is 2.79. The summed E-state index contributed by atoms with van der Waals surface area (Å²) in [7, 11) is 1.54. The van der Waals surface area contributed by atoms with Gasteiger partial charge in [0.25, 0.3) is 0 Å². The smallest absolute Gasteiger partial charge is 0.229 e. The molecule has 20 heavy (non-hydrogen) atoms. The molecule has 1 N–H and O–H groups in total. The largest absolute Gasteiger partial charge is 0.495 e. The standard InChI is InChI=1S/C13H15ClN4O2/c1-9(6-18-8-15-7-16-18)13(19)17-11-5-10(14)3-4-12(11)20-2/h3-5,7-9H,6H2,1-2H3,(H,17,19)/t9-/m1/s1. The molecule has 7 heteroatoms. The summed E-state index contributed by atoms with van der Waals surface area (Å²) in [5.41, 5.74) is 0.551. The zero-order valence-corrected chi connectivity index (χ0v) is 12.0. The number of methoxy groups -OCH3 is 1. The molecule has 1 amide bonds. The number of carbonyl (C=O) groups excluding carboxylic acids is 1. The summed E-state index contributed by atoms with van der Waals surface area (Å²) in [5, 5.41) is 7.31. The van der Waals surface area contributed by atoms with Crippen LogP contribution in [0.2, 0.25) is 5.02 Å². The number of hydrogen-bond acceptors (Lipinski definition) is 4. The van der Waals surface area contributed by atoms with Gasteiger partial charge in [-0.1, -0.05) is 18.5 Å². The van der Waals surface area contributed by atoms with E-state index in [4.69, 9.17) is 16.3 Å². The van der Waals surface area contributed by atoms with Gasteiger partial charge in [-0.15, -0.1) is 0 Å². The topological polar surface area (TPSA) is 69.0 Å². The fourth-order valence-electron chi connectivity index (χ4n) is 1.72. The maximum absolute atomic E-state index is 12.1. The van der Waals surface area contributed by atoms with E-state index in [2.05, 4.69) is 15.4 Å². The van der Waals surface area contributed by atoms with Crippen molar-refractivity contribution in [3.63, 3.8) is 0 Å². The Morgan fingerprint density at radius 1 is 1.55 bits per heavy atom. The average molecular weight is 295 g/mol. The first-order chi connectivity index (χ1) is 9.60. The predicted octanol–water partition coefficient (Wildman–Crippen LogP) is 2.21. The van der Waals surface area contributed by atoms with Crippen molar-refractivity contribution in [2.45, 2.75) is 13.5 Å². The highest BCUT2D eigenvalue weighted by Gasteiger charge is 2.16. The van der Waals surface area contributed by atoms with Gasteiger partial charge < -0.3 is 10.1 Å². The minimum Gasteiger partial charge on any atom is -0.495 e. The molecule has 0 aliphatic heterocycles. The molecule has 106 valence electrons. The van der Waals surface area contributed by atoms with Crippen molar-refractivity contribution < 1.29 is 9.53 Å². The maximum Gasteiger partial charge on any atom is 0.229 e. The fraction of sp³-hybridized carbons (Fsp3) is 0.308. The number of nitrogens with one attached hydrogen (secondary N) is 1. The first-order valence-electron chi connectivity index (χ1n) is 6.07. The molecule has 1 aromatic heterocycles. The molecule has 1 atom stereocenters. The van der Waals surface area contributed by atoms with Crippen LogP contribution >= 0.6 is 11.6 Å². The Kier molecular flexibility index (Phi) is 4.57. The molecule has 0 radical (unpaired) electrons. The maximum atomic E-state index is 12.1. The Labute approximate surface area is 121 Å². The van der Waals surface area contributed by atoms with Crippen LogP contribution in [0.15, 0.2) is 30.9 Å². The monoisotopic (exact) mass is 294 g/mol. The summed E-state index contributed by atoms with van der Waals surface area (Å²) >= 11 is 5.92. The molecule has 0 bridgehead atoms. The van der Waals surface area contributed by atoms with Gasteiger partial charge in [0, 0.05) is 5.02 Å². The summed E-state index contributed by atoms with van der Waals surface area (Å²) < 4.78 is 6.80. The van der Waals surface area contributed by atoms with Crippen LogP contribution in [0.3, 0.4) is 0 Å². The number of amides is 1. The third-order valence-corrected chi connectivity index (χ3v) is 3.03. The Bertz CT molecular complexity index is 586. The van der Waals surface area contributed by atoms with Crippen molar-refractivity contribution in [1.29, 1.82) is 0 Å². The van der Waals surface area contributed by atoms with E-state index in [1.54, 1.807) is 29.2 Å². The molecule has 0 saturated heterocycles. The molecular formula is C13H15ClN4O2. The second-order valence-electron chi connectivity index (χ2n) is 4.35. The number of carbonyl (C=O) groups is 1. The van der Waals surface area contributed by atoms with Gasteiger partial charge in [-0.25, -0.2) is 4.98 Å². The van der Waals surface area contributed by atoms with E-state index in [0.29, 0.717) is 23.0 Å².